The number of hydrogen-bond donors (Lipinski definition) is 2. The van der Waals surface area contributed by atoms with E-state index < -0.39 is 0 Å². The van der Waals surface area contributed by atoms with Crippen LogP contribution in [0.15, 0.2) is 18.2 Å². The summed E-state index contributed by atoms with van der Waals surface area (Å²) in [4.78, 5) is 2.28. The van der Waals surface area contributed by atoms with E-state index in [0.717, 1.165) is 38.1 Å². The third-order valence-electron chi connectivity index (χ3n) is 3.62. The largest absolute Gasteiger partial charge is 0.384 e. The van der Waals surface area contributed by atoms with Gasteiger partial charge >= 0.3 is 0 Å². The van der Waals surface area contributed by atoms with Gasteiger partial charge in [0.15, 0.2) is 0 Å². The molecule has 1 heterocycles. The first-order chi connectivity index (χ1) is 9.60. The van der Waals surface area contributed by atoms with E-state index in [9.17, 15) is 4.39 Å². The van der Waals surface area contributed by atoms with Gasteiger partial charge in [0.1, 0.15) is 11.7 Å². The highest BCUT2D eigenvalue weighted by Gasteiger charge is 2.21. The topological polar surface area (TPSA) is 62.3 Å². The van der Waals surface area contributed by atoms with Crippen molar-refractivity contribution in [2.24, 2.45) is 5.73 Å². The van der Waals surface area contributed by atoms with Crippen molar-refractivity contribution >= 4 is 5.84 Å². The maximum atomic E-state index is 13.3. The molecule has 0 aromatic heterocycles. The van der Waals surface area contributed by atoms with Crippen LogP contribution in [-0.2, 0) is 11.3 Å². The highest BCUT2D eigenvalue weighted by Crippen LogP contribution is 2.18. The number of amidine groups is 1. The molecule has 0 saturated carbocycles. The van der Waals surface area contributed by atoms with Crippen LogP contribution < -0.4 is 5.73 Å². The summed E-state index contributed by atoms with van der Waals surface area (Å²) in [6.07, 6.45) is 2.46. The zero-order valence-electron chi connectivity index (χ0n) is 11.9. The highest BCUT2D eigenvalue weighted by molar-refractivity contribution is 5.96. The number of hydrogen-bond acceptors (Lipinski definition) is 3. The smallest absolute Gasteiger partial charge is 0.123 e. The second-order valence-electron chi connectivity index (χ2n) is 5.17. The van der Waals surface area contributed by atoms with Gasteiger partial charge in [-0.1, -0.05) is 6.07 Å². The van der Waals surface area contributed by atoms with Crippen LogP contribution >= 0.6 is 0 Å². The fourth-order valence-corrected chi connectivity index (χ4v) is 2.71. The molecule has 0 spiro atoms. The van der Waals surface area contributed by atoms with Crippen molar-refractivity contribution in [2.45, 2.75) is 32.4 Å². The molecule has 0 amide bonds. The molecule has 1 fully saturated rings. The minimum Gasteiger partial charge on any atom is -0.384 e. The van der Waals surface area contributed by atoms with E-state index in [1.165, 1.54) is 12.1 Å². The van der Waals surface area contributed by atoms with Gasteiger partial charge in [0.2, 0.25) is 0 Å². The summed E-state index contributed by atoms with van der Waals surface area (Å²) < 4.78 is 18.9. The number of nitrogens with zero attached hydrogens (tertiary/aromatic N) is 1. The molecule has 1 aliphatic heterocycles. The van der Waals surface area contributed by atoms with Crippen molar-refractivity contribution < 1.29 is 9.13 Å². The summed E-state index contributed by atoms with van der Waals surface area (Å²) in [5.41, 5.74) is 6.93. The van der Waals surface area contributed by atoms with E-state index in [1.807, 2.05) is 6.92 Å². The molecule has 5 heteroatoms. The maximum absolute atomic E-state index is 13.3. The zero-order valence-corrected chi connectivity index (χ0v) is 11.9. The minimum atomic E-state index is -0.357. The summed E-state index contributed by atoms with van der Waals surface area (Å²) in [6, 6.07) is 4.48. The Hall–Kier alpha value is -1.46. The SMILES string of the molecule is CCOC1CCCN(Cc2ccc(F)cc2C(=N)N)C1. The first-order valence-electron chi connectivity index (χ1n) is 7.07. The van der Waals surface area contributed by atoms with Crippen LogP contribution in [0, 0.1) is 11.2 Å². The lowest BCUT2D eigenvalue weighted by molar-refractivity contribution is 0.00361. The van der Waals surface area contributed by atoms with Crippen LogP contribution in [-0.4, -0.2) is 36.5 Å². The first-order valence-corrected chi connectivity index (χ1v) is 7.07. The summed E-state index contributed by atoms with van der Waals surface area (Å²) in [5.74, 6) is -0.442. The van der Waals surface area contributed by atoms with Gasteiger partial charge in [-0.25, -0.2) is 4.39 Å². The highest BCUT2D eigenvalue weighted by atomic mass is 19.1. The molecule has 1 saturated heterocycles. The summed E-state index contributed by atoms with van der Waals surface area (Å²) in [7, 11) is 0. The van der Waals surface area contributed by atoms with Crippen LogP contribution in [0.1, 0.15) is 30.9 Å². The van der Waals surface area contributed by atoms with Crippen molar-refractivity contribution in [3.8, 4) is 0 Å². The maximum Gasteiger partial charge on any atom is 0.123 e. The number of nitrogen functional groups attached to an aromatic ring is 1. The molecular formula is C15H22FN3O. The zero-order chi connectivity index (χ0) is 14.5. The van der Waals surface area contributed by atoms with Crippen LogP contribution in [0.5, 0.6) is 0 Å². The standard InChI is InChI=1S/C15H22FN3O/c1-2-20-13-4-3-7-19(10-13)9-11-5-6-12(16)8-14(11)15(17)18/h5-6,8,13H,2-4,7,9-10H2,1H3,(H3,17,18). The van der Waals surface area contributed by atoms with Gasteiger partial charge in [0.05, 0.1) is 6.10 Å². The molecule has 0 aliphatic carbocycles. The second kappa shape index (κ2) is 6.81. The average molecular weight is 279 g/mol. The molecule has 1 unspecified atom stereocenters. The lowest BCUT2D eigenvalue weighted by Crippen LogP contribution is -2.39. The number of nitrogens with two attached hydrogens (primary N) is 1. The quantitative estimate of drug-likeness (QED) is 0.641. The molecular weight excluding hydrogens is 257 g/mol. The van der Waals surface area contributed by atoms with Gasteiger partial charge in [-0.3, -0.25) is 10.3 Å². The third kappa shape index (κ3) is 3.77. The number of benzene rings is 1. The monoisotopic (exact) mass is 279 g/mol. The number of halogens is 1. The summed E-state index contributed by atoms with van der Waals surface area (Å²) >= 11 is 0. The molecule has 1 aliphatic rings. The van der Waals surface area contributed by atoms with Gasteiger partial charge < -0.3 is 10.5 Å². The summed E-state index contributed by atoms with van der Waals surface area (Å²) in [6.45, 7) is 5.29. The summed E-state index contributed by atoms with van der Waals surface area (Å²) in [5, 5.41) is 7.56. The molecule has 0 radical (unpaired) electrons. The van der Waals surface area contributed by atoms with E-state index in [-0.39, 0.29) is 17.8 Å². The van der Waals surface area contributed by atoms with E-state index >= 15 is 0 Å². The van der Waals surface area contributed by atoms with Crippen molar-refractivity contribution in [3.05, 3.63) is 35.1 Å². The number of rotatable bonds is 5. The van der Waals surface area contributed by atoms with E-state index in [4.69, 9.17) is 15.9 Å². The molecule has 20 heavy (non-hydrogen) atoms. The van der Waals surface area contributed by atoms with Gasteiger partial charge in [0, 0.05) is 25.3 Å². The molecule has 1 aromatic carbocycles. The van der Waals surface area contributed by atoms with E-state index in [1.54, 1.807) is 6.07 Å². The van der Waals surface area contributed by atoms with Gasteiger partial charge in [0.25, 0.3) is 0 Å². The Balaban J connectivity index is 2.07. The van der Waals surface area contributed by atoms with Gasteiger partial charge in [-0.2, -0.15) is 0 Å². The lowest BCUT2D eigenvalue weighted by Gasteiger charge is -2.32. The number of piperidine rings is 1. The molecule has 110 valence electrons. The molecule has 1 atom stereocenters. The average Bonchev–Trinajstić information content (AvgIpc) is 2.41. The Morgan fingerprint density at radius 3 is 3.05 bits per heavy atom. The Kier molecular flexibility index (Phi) is 5.09. The van der Waals surface area contributed by atoms with E-state index in [0.29, 0.717) is 12.1 Å². The lowest BCUT2D eigenvalue weighted by atomic mass is 10.0. The molecule has 2 rings (SSSR count). The number of ether oxygens (including phenoxy) is 1. The molecule has 4 nitrogen and oxygen atoms in total. The first kappa shape index (κ1) is 14.9. The van der Waals surface area contributed by atoms with Gasteiger partial charge in [-0.05, 0) is 44.0 Å². The van der Waals surface area contributed by atoms with Gasteiger partial charge in [-0.15, -0.1) is 0 Å². The van der Waals surface area contributed by atoms with Crippen molar-refractivity contribution in [2.75, 3.05) is 19.7 Å². The van der Waals surface area contributed by atoms with Crippen LogP contribution in [0.3, 0.4) is 0 Å². The number of nitrogens with one attached hydrogen (secondary N) is 1. The van der Waals surface area contributed by atoms with Crippen molar-refractivity contribution in [1.29, 1.82) is 5.41 Å². The minimum absolute atomic E-state index is 0.0853. The fourth-order valence-electron chi connectivity index (χ4n) is 2.71. The molecule has 0 bridgehead atoms. The molecule has 3 N–H and O–H groups in total. The van der Waals surface area contributed by atoms with Crippen molar-refractivity contribution in [1.82, 2.24) is 4.90 Å². The van der Waals surface area contributed by atoms with Crippen LogP contribution in [0.4, 0.5) is 4.39 Å². The van der Waals surface area contributed by atoms with Crippen LogP contribution in [0.2, 0.25) is 0 Å². The predicted molar refractivity (Wildman–Crippen MR) is 77.3 cm³/mol. The predicted octanol–water partition coefficient (Wildman–Crippen LogP) is 2.11. The normalized spacial score (nSPS) is 20.0. The molecule has 1 aromatic rings. The Morgan fingerprint density at radius 1 is 1.55 bits per heavy atom. The van der Waals surface area contributed by atoms with Crippen LogP contribution in [0.25, 0.3) is 0 Å². The van der Waals surface area contributed by atoms with Crippen molar-refractivity contribution in [3.63, 3.8) is 0 Å². The Labute approximate surface area is 119 Å². The number of likely N-dealkylation sites (tertiary alicyclic amines) is 1. The Morgan fingerprint density at radius 2 is 2.35 bits per heavy atom. The second-order valence-corrected chi connectivity index (χ2v) is 5.17. The third-order valence-corrected chi connectivity index (χ3v) is 3.62. The fraction of sp³-hybridized carbons (Fsp3) is 0.533. The van der Waals surface area contributed by atoms with E-state index in [2.05, 4.69) is 4.90 Å². The Bertz CT molecular complexity index is 476.